The summed E-state index contributed by atoms with van der Waals surface area (Å²) in [6.45, 7) is 3.33. The fourth-order valence-corrected chi connectivity index (χ4v) is 3.53. The van der Waals surface area contributed by atoms with Crippen LogP contribution in [0.2, 0.25) is 0 Å². The second-order valence-electron chi connectivity index (χ2n) is 6.51. The Bertz CT molecular complexity index is 800. The molecule has 1 heterocycles. The van der Waals surface area contributed by atoms with E-state index in [1.807, 2.05) is 42.7 Å². The molecule has 6 nitrogen and oxygen atoms in total. The highest BCUT2D eigenvalue weighted by atomic mass is 32.2. The average molecular weight is 400 g/mol. The van der Waals surface area contributed by atoms with E-state index in [1.54, 1.807) is 17.8 Å². The van der Waals surface area contributed by atoms with E-state index < -0.39 is 11.8 Å². The van der Waals surface area contributed by atoms with Crippen molar-refractivity contribution in [1.82, 2.24) is 10.2 Å². The second kappa shape index (κ2) is 10.3. The molecular formula is C21H25N3O3S. The van der Waals surface area contributed by atoms with Crippen molar-refractivity contribution < 1.29 is 14.3 Å². The lowest BCUT2D eigenvalue weighted by Crippen LogP contribution is -2.44. The summed E-state index contributed by atoms with van der Waals surface area (Å²) in [5, 5.41) is 5.33. The number of rotatable bonds is 6. The maximum absolute atomic E-state index is 12.1. The lowest BCUT2D eigenvalue weighted by atomic mass is 10.1. The van der Waals surface area contributed by atoms with Crippen LogP contribution in [0, 0.1) is 0 Å². The fraction of sp³-hybridized carbons (Fsp3) is 0.333. The number of carbonyl (C=O) groups is 2. The number of nitrogens with one attached hydrogen (secondary N) is 2. The van der Waals surface area contributed by atoms with Crippen molar-refractivity contribution in [3.63, 3.8) is 0 Å². The minimum absolute atomic E-state index is 0.0395. The van der Waals surface area contributed by atoms with Gasteiger partial charge in [-0.05, 0) is 30.0 Å². The van der Waals surface area contributed by atoms with E-state index in [2.05, 4.69) is 27.7 Å². The highest BCUT2D eigenvalue weighted by Crippen LogP contribution is 2.21. The van der Waals surface area contributed by atoms with E-state index >= 15 is 0 Å². The molecule has 0 bridgehead atoms. The molecule has 2 aromatic carbocycles. The number of benzene rings is 2. The zero-order valence-corrected chi connectivity index (χ0v) is 16.7. The van der Waals surface area contributed by atoms with E-state index in [0.29, 0.717) is 25.4 Å². The molecular weight excluding hydrogens is 374 g/mol. The van der Waals surface area contributed by atoms with Crippen LogP contribution >= 0.6 is 11.8 Å². The van der Waals surface area contributed by atoms with Gasteiger partial charge in [0.15, 0.2) is 0 Å². The van der Waals surface area contributed by atoms with E-state index in [-0.39, 0.29) is 6.10 Å². The van der Waals surface area contributed by atoms with Crippen LogP contribution < -0.4 is 10.6 Å². The molecule has 1 saturated heterocycles. The molecule has 1 fully saturated rings. The summed E-state index contributed by atoms with van der Waals surface area (Å²) in [6.07, 6.45) is 2.00. The van der Waals surface area contributed by atoms with Crippen molar-refractivity contribution >= 4 is 29.3 Å². The molecule has 1 unspecified atom stereocenters. The van der Waals surface area contributed by atoms with Crippen molar-refractivity contribution in [2.45, 2.75) is 11.0 Å². The summed E-state index contributed by atoms with van der Waals surface area (Å²) in [5.41, 5.74) is 1.77. The lowest BCUT2D eigenvalue weighted by Gasteiger charge is -2.33. The molecule has 1 atom stereocenters. The monoisotopic (exact) mass is 399 g/mol. The van der Waals surface area contributed by atoms with Crippen LogP contribution in [0.1, 0.15) is 11.7 Å². The van der Waals surface area contributed by atoms with Gasteiger partial charge in [0.1, 0.15) is 0 Å². The van der Waals surface area contributed by atoms with Gasteiger partial charge in [0, 0.05) is 36.8 Å². The van der Waals surface area contributed by atoms with E-state index in [4.69, 9.17) is 4.74 Å². The number of nitrogens with zero attached hydrogens (tertiary/aromatic N) is 1. The first-order valence-corrected chi connectivity index (χ1v) is 10.5. The first-order valence-electron chi connectivity index (χ1n) is 9.28. The second-order valence-corrected chi connectivity index (χ2v) is 7.39. The van der Waals surface area contributed by atoms with Crippen LogP contribution in [0.3, 0.4) is 0 Å². The van der Waals surface area contributed by atoms with Crippen LogP contribution in [0.15, 0.2) is 59.5 Å². The molecule has 0 radical (unpaired) electrons. The number of carbonyl (C=O) groups excluding carboxylic acids is 2. The van der Waals surface area contributed by atoms with E-state index in [0.717, 1.165) is 23.5 Å². The zero-order valence-electron chi connectivity index (χ0n) is 15.9. The molecule has 0 aliphatic carbocycles. The summed E-state index contributed by atoms with van der Waals surface area (Å²) < 4.78 is 5.85. The van der Waals surface area contributed by atoms with Gasteiger partial charge in [0.05, 0.1) is 12.7 Å². The predicted octanol–water partition coefficient (Wildman–Crippen LogP) is 2.54. The largest absolute Gasteiger partial charge is 0.371 e. The molecule has 0 saturated carbocycles. The third-order valence-electron chi connectivity index (χ3n) is 4.57. The molecule has 2 N–H and O–H groups in total. The Hall–Kier alpha value is -2.35. The maximum atomic E-state index is 12.1. The first kappa shape index (κ1) is 20.4. The molecule has 2 aromatic rings. The van der Waals surface area contributed by atoms with Gasteiger partial charge in [-0.15, -0.1) is 11.8 Å². The standard InChI is InChI=1S/C21H25N3O3S/c1-28-18-9-5-8-17(14-18)23-21(26)20(25)22-10-11-24-12-13-27-19(15-24)16-6-3-2-4-7-16/h2-9,14,19H,10-13,15H2,1H3,(H,22,25)(H,23,26). The van der Waals surface area contributed by atoms with E-state index in [9.17, 15) is 9.59 Å². The molecule has 2 amide bonds. The molecule has 28 heavy (non-hydrogen) atoms. The molecule has 0 aromatic heterocycles. The molecule has 3 rings (SSSR count). The number of amides is 2. The maximum Gasteiger partial charge on any atom is 0.313 e. The quantitative estimate of drug-likeness (QED) is 0.577. The Morgan fingerprint density at radius 3 is 2.75 bits per heavy atom. The number of anilines is 1. The van der Waals surface area contributed by atoms with Gasteiger partial charge < -0.3 is 15.4 Å². The van der Waals surface area contributed by atoms with Gasteiger partial charge in [-0.2, -0.15) is 0 Å². The molecule has 148 valence electrons. The fourth-order valence-electron chi connectivity index (χ4n) is 3.07. The number of hydrogen-bond donors (Lipinski definition) is 2. The highest BCUT2D eigenvalue weighted by molar-refractivity contribution is 7.98. The molecule has 0 spiro atoms. The van der Waals surface area contributed by atoms with Gasteiger partial charge in [-0.3, -0.25) is 14.5 Å². The van der Waals surface area contributed by atoms with Gasteiger partial charge in [-0.1, -0.05) is 36.4 Å². The number of thioether (sulfide) groups is 1. The first-order chi connectivity index (χ1) is 13.7. The Labute approximate surface area is 169 Å². The van der Waals surface area contributed by atoms with Crippen LogP contribution in [0.4, 0.5) is 5.69 Å². The van der Waals surface area contributed by atoms with Crippen LogP contribution in [0.25, 0.3) is 0 Å². The van der Waals surface area contributed by atoms with Crippen molar-refractivity contribution in [3.8, 4) is 0 Å². The van der Waals surface area contributed by atoms with Gasteiger partial charge in [0.2, 0.25) is 0 Å². The Balaban J connectivity index is 1.42. The number of ether oxygens (including phenoxy) is 1. The smallest absolute Gasteiger partial charge is 0.313 e. The van der Waals surface area contributed by atoms with Gasteiger partial charge in [-0.25, -0.2) is 0 Å². The SMILES string of the molecule is CSc1cccc(NC(=O)C(=O)NCCN2CCOC(c3ccccc3)C2)c1. The van der Waals surface area contributed by atoms with Gasteiger partial charge in [0.25, 0.3) is 0 Å². The minimum Gasteiger partial charge on any atom is -0.371 e. The molecule has 1 aliphatic rings. The average Bonchev–Trinajstić information content (AvgIpc) is 2.74. The predicted molar refractivity (Wildman–Crippen MR) is 111 cm³/mol. The topological polar surface area (TPSA) is 70.7 Å². The zero-order chi connectivity index (χ0) is 19.8. The molecule has 1 aliphatic heterocycles. The number of hydrogen-bond acceptors (Lipinski definition) is 5. The Morgan fingerprint density at radius 2 is 1.96 bits per heavy atom. The van der Waals surface area contributed by atoms with Crippen LogP contribution in [-0.4, -0.2) is 55.8 Å². The van der Waals surface area contributed by atoms with Crippen LogP contribution in [-0.2, 0) is 14.3 Å². The Morgan fingerprint density at radius 1 is 1.14 bits per heavy atom. The lowest BCUT2D eigenvalue weighted by molar-refractivity contribution is -0.136. The molecule has 7 heteroatoms. The van der Waals surface area contributed by atoms with Crippen molar-refractivity contribution in [2.24, 2.45) is 0 Å². The third kappa shape index (κ3) is 5.82. The minimum atomic E-state index is -0.651. The normalized spacial score (nSPS) is 17.1. The Kier molecular flexibility index (Phi) is 7.47. The highest BCUT2D eigenvalue weighted by Gasteiger charge is 2.22. The summed E-state index contributed by atoms with van der Waals surface area (Å²) in [4.78, 5) is 27.4. The van der Waals surface area contributed by atoms with E-state index in [1.165, 1.54) is 0 Å². The van der Waals surface area contributed by atoms with Crippen molar-refractivity contribution in [2.75, 3.05) is 44.4 Å². The van der Waals surface area contributed by atoms with Crippen molar-refractivity contribution in [3.05, 3.63) is 60.2 Å². The van der Waals surface area contributed by atoms with Crippen LogP contribution in [0.5, 0.6) is 0 Å². The summed E-state index contributed by atoms with van der Waals surface area (Å²) >= 11 is 1.58. The third-order valence-corrected chi connectivity index (χ3v) is 5.29. The van der Waals surface area contributed by atoms with Crippen molar-refractivity contribution in [1.29, 1.82) is 0 Å². The summed E-state index contributed by atoms with van der Waals surface area (Å²) in [6, 6.07) is 17.5. The number of morpholine rings is 1. The summed E-state index contributed by atoms with van der Waals surface area (Å²) in [7, 11) is 0. The summed E-state index contributed by atoms with van der Waals surface area (Å²) in [5.74, 6) is -1.27. The van der Waals surface area contributed by atoms with Gasteiger partial charge >= 0.3 is 11.8 Å².